The van der Waals surface area contributed by atoms with Crippen molar-refractivity contribution in [1.82, 2.24) is 9.78 Å². The summed E-state index contributed by atoms with van der Waals surface area (Å²) < 4.78 is 2.12. The average molecular weight is 263 g/mol. The zero-order valence-corrected chi connectivity index (χ0v) is 12.1. The standard InChI is InChI=1S/C14H21N3S/c1-10(15)9-14-11(2)16-17(12(14)3)7-6-13-5-4-8-18-13/h4-5,8,10H,6-7,9,15H2,1-3H3. The quantitative estimate of drug-likeness (QED) is 0.901. The van der Waals surface area contributed by atoms with Crippen molar-refractivity contribution in [2.24, 2.45) is 5.73 Å². The highest BCUT2D eigenvalue weighted by molar-refractivity contribution is 7.09. The van der Waals surface area contributed by atoms with Crippen molar-refractivity contribution in [3.8, 4) is 0 Å². The molecule has 2 aromatic heterocycles. The fraction of sp³-hybridized carbons (Fsp3) is 0.500. The highest BCUT2D eigenvalue weighted by Gasteiger charge is 2.12. The maximum atomic E-state index is 5.89. The Morgan fingerprint density at radius 3 is 2.83 bits per heavy atom. The van der Waals surface area contributed by atoms with E-state index in [9.17, 15) is 0 Å². The molecule has 0 aliphatic rings. The van der Waals surface area contributed by atoms with Gasteiger partial charge in [-0.2, -0.15) is 5.10 Å². The van der Waals surface area contributed by atoms with E-state index >= 15 is 0 Å². The Kier molecular flexibility index (Phi) is 4.19. The summed E-state index contributed by atoms with van der Waals surface area (Å²) in [5.74, 6) is 0. The SMILES string of the molecule is Cc1nn(CCc2cccs2)c(C)c1CC(C)N. The Morgan fingerprint density at radius 1 is 1.44 bits per heavy atom. The van der Waals surface area contributed by atoms with Gasteiger partial charge in [-0.3, -0.25) is 4.68 Å². The number of nitrogens with two attached hydrogens (primary N) is 1. The van der Waals surface area contributed by atoms with Crippen molar-refractivity contribution in [3.63, 3.8) is 0 Å². The zero-order chi connectivity index (χ0) is 13.1. The third-order valence-corrected chi connectivity index (χ3v) is 4.14. The first-order valence-corrected chi connectivity index (χ1v) is 7.26. The number of hydrogen-bond donors (Lipinski definition) is 1. The minimum absolute atomic E-state index is 0.192. The molecule has 1 atom stereocenters. The van der Waals surface area contributed by atoms with Crippen LogP contribution in [0, 0.1) is 13.8 Å². The van der Waals surface area contributed by atoms with Crippen LogP contribution in [0.5, 0.6) is 0 Å². The molecule has 0 fully saturated rings. The molecular weight excluding hydrogens is 242 g/mol. The number of hydrogen-bond acceptors (Lipinski definition) is 3. The third-order valence-electron chi connectivity index (χ3n) is 3.21. The molecule has 2 heterocycles. The van der Waals surface area contributed by atoms with Gasteiger partial charge in [0.15, 0.2) is 0 Å². The van der Waals surface area contributed by atoms with Gasteiger partial charge in [0.1, 0.15) is 0 Å². The normalized spacial score (nSPS) is 12.9. The van der Waals surface area contributed by atoms with E-state index in [1.807, 2.05) is 18.3 Å². The number of thiophene rings is 1. The van der Waals surface area contributed by atoms with E-state index in [4.69, 9.17) is 5.73 Å². The molecule has 0 amide bonds. The lowest BCUT2D eigenvalue weighted by Crippen LogP contribution is -2.18. The van der Waals surface area contributed by atoms with Gasteiger partial charge in [-0.25, -0.2) is 0 Å². The summed E-state index contributed by atoms with van der Waals surface area (Å²) in [7, 11) is 0. The first-order chi connectivity index (χ1) is 8.58. The molecule has 2 rings (SSSR count). The second kappa shape index (κ2) is 5.67. The molecule has 0 bridgehead atoms. The maximum absolute atomic E-state index is 5.89. The Balaban J connectivity index is 2.09. The first-order valence-electron chi connectivity index (χ1n) is 6.38. The van der Waals surface area contributed by atoms with Crippen LogP contribution in [0.2, 0.25) is 0 Å². The van der Waals surface area contributed by atoms with E-state index in [0.29, 0.717) is 0 Å². The number of nitrogens with zero attached hydrogens (tertiary/aromatic N) is 2. The fourth-order valence-electron chi connectivity index (χ4n) is 2.24. The molecule has 4 heteroatoms. The predicted molar refractivity (Wildman–Crippen MR) is 77.1 cm³/mol. The van der Waals surface area contributed by atoms with Crippen molar-refractivity contribution in [3.05, 3.63) is 39.3 Å². The Morgan fingerprint density at radius 2 is 2.22 bits per heavy atom. The van der Waals surface area contributed by atoms with Crippen LogP contribution in [0.15, 0.2) is 17.5 Å². The van der Waals surface area contributed by atoms with E-state index in [-0.39, 0.29) is 6.04 Å². The van der Waals surface area contributed by atoms with Gasteiger partial charge in [-0.1, -0.05) is 6.07 Å². The van der Waals surface area contributed by atoms with Crippen LogP contribution in [0.25, 0.3) is 0 Å². The van der Waals surface area contributed by atoms with Gasteiger partial charge in [-0.05, 0) is 44.2 Å². The van der Waals surface area contributed by atoms with Crippen LogP contribution >= 0.6 is 11.3 Å². The Bertz CT molecular complexity index is 497. The summed E-state index contributed by atoms with van der Waals surface area (Å²) in [6, 6.07) is 4.47. The first kappa shape index (κ1) is 13.3. The van der Waals surface area contributed by atoms with Crippen LogP contribution in [0.1, 0.15) is 28.8 Å². The maximum Gasteiger partial charge on any atom is 0.0629 e. The molecule has 0 spiro atoms. The fourth-order valence-corrected chi connectivity index (χ4v) is 2.94. The summed E-state index contributed by atoms with van der Waals surface area (Å²) in [5.41, 5.74) is 9.59. The van der Waals surface area contributed by atoms with Crippen LogP contribution < -0.4 is 5.73 Å². The van der Waals surface area contributed by atoms with Gasteiger partial charge >= 0.3 is 0 Å². The molecule has 2 N–H and O–H groups in total. The summed E-state index contributed by atoms with van der Waals surface area (Å²) in [4.78, 5) is 1.41. The lowest BCUT2D eigenvalue weighted by molar-refractivity contribution is 0.596. The second-order valence-electron chi connectivity index (χ2n) is 4.88. The predicted octanol–water partition coefficient (Wildman–Crippen LogP) is 2.69. The van der Waals surface area contributed by atoms with Crippen molar-refractivity contribution in [2.75, 3.05) is 0 Å². The molecule has 0 radical (unpaired) electrons. The summed E-state index contributed by atoms with van der Waals surface area (Å²) >= 11 is 1.81. The van der Waals surface area contributed by atoms with Crippen LogP contribution in [0.4, 0.5) is 0 Å². The van der Waals surface area contributed by atoms with Crippen LogP contribution in [0.3, 0.4) is 0 Å². The molecular formula is C14H21N3S. The van der Waals surface area contributed by atoms with E-state index in [1.54, 1.807) is 0 Å². The van der Waals surface area contributed by atoms with E-state index in [2.05, 4.69) is 41.1 Å². The monoisotopic (exact) mass is 263 g/mol. The number of rotatable bonds is 5. The van der Waals surface area contributed by atoms with Gasteiger partial charge in [-0.15, -0.1) is 11.3 Å². The van der Waals surface area contributed by atoms with E-state index in [0.717, 1.165) is 25.1 Å². The highest BCUT2D eigenvalue weighted by atomic mass is 32.1. The number of aromatic nitrogens is 2. The molecule has 3 nitrogen and oxygen atoms in total. The van der Waals surface area contributed by atoms with Crippen molar-refractivity contribution in [1.29, 1.82) is 0 Å². The minimum Gasteiger partial charge on any atom is -0.328 e. The molecule has 0 aliphatic carbocycles. The Hall–Kier alpha value is -1.13. The van der Waals surface area contributed by atoms with Crippen LogP contribution in [-0.2, 0) is 19.4 Å². The molecule has 0 aliphatic heterocycles. The molecule has 0 saturated heterocycles. The van der Waals surface area contributed by atoms with Crippen LogP contribution in [-0.4, -0.2) is 15.8 Å². The van der Waals surface area contributed by atoms with Gasteiger partial charge in [0.2, 0.25) is 0 Å². The molecule has 2 aromatic rings. The summed E-state index contributed by atoms with van der Waals surface area (Å²) in [5, 5.41) is 6.75. The van der Waals surface area contributed by atoms with Gasteiger partial charge in [0, 0.05) is 29.6 Å². The van der Waals surface area contributed by atoms with Gasteiger partial charge < -0.3 is 5.73 Å². The largest absolute Gasteiger partial charge is 0.328 e. The van der Waals surface area contributed by atoms with Gasteiger partial charge in [0.05, 0.1) is 5.69 Å². The third kappa shape index (κ3) is 3.00. The van der Waals surface area contributed by atoms with E-state index in [1.165, 1.54) is 16.1 Å². The average Bonchev–Trinajstić information content (AvgIpc) is 2.90. The molecule has 18 heavy (non-hydrogen) atoms. The smallest absolute Gasteiger partial charge is 0.0629 e. The zero-order valence-electron chi connectivity index (χ0n) is 11.3. The summed E-state index contributed by atoms with van der Waals surface area (Å²) in [6.07, 6.45) is 1.97. The summed E-state index contributed by atoms with van der Waals surface area (Å²) in [6.45, 7) is 7.21. The minimum atomic E-state index is 0.192. The Labute approximate surface area is 113 Å². The van der Waals surface area contributed by atoms with Crippen molar-refractivity contribution < 1.29 is 0 Å². The van der Waals surface area contributed by atoms with E-state index < -0.39 is 0 Å². The molecule has 0 aromatic carbocycles. The second-order valence-corrected chi connectivity index (χ2v) is 5.92. The van der Waals surface area contributed by atoms with Crippen molar-refractivity contribution in [2.45, 2.75) is 46.2 Å². The van der Waals surface area contributed by atoms with Gasteiger partial charge in [0.25, 0.3) is 0 Å². The molecule has 98 valence electrons. The lowest BCUT2D eigenvalue weighted by atomic mass is 10.1. The molecule has 1 unspecified atom stereocenters. The van der Waals surface area contributed by atoms with Crippen molar-refractivity contribution >= 4 is 11.3 Å². The molecule has 0 saturated carbocycles. The topological polar surface area (TPSA) is 43.8 Å². The highest BCUT2D eigenvalue weighted by Crippen LogP contribution is 2.16. The number of aryl methyl sites for hydroxylation is 3. The lowest BCUT2D eigenvalue weighted by Gasteiger charge is -2.07.